The Morgan fingerprint density at radius 2 is 2.06 bits per heavy atom. The van der Waals surface area contributed by atoms with Gasteiger partial charge in [-0.05, 0) is 31.2 Å². The van der Waals surface area contributed by atoms with Gasteiger partial charge < -0.3 is 15.2 Å². The van der Waals surface area contributed by atoms with Gasteiger partial charge in [-0.3, -0.25) is 0 Å². The molecule has 0 radical (unpaired) electrons. The van der Waals surface area contributed by atoms with Crippen molar-refractivity contribution in [2.45, 2.75) is 6.92 Å². The van der Waals surface area contributed by atoms with Gasteiger partial charge in [0, 0.05) is 10.6 Å². The molecule has 94 valence electrons. The summed E-state index contributed by atoms with van der Waals surface area (Å²) in [6.07, 6.45) is 0. The van der Waals surface area contributed by atoms with Crippen LogP contribution in [-0.2, 0) is 0 Å². The average Bonchev–Trinajstić information content (AvgIpc) is 2.71. The fourth-order valence-corrected chi connectivity index (χ4v) is 2.27. The van der Waals surface area contributed by atoms with E-state index in [-0.39, 0.29) is 5.69 Å². The zero-order chi connectivity index (χ0) is 13.1. The minimum Gasteiger partial charge on any atom is -0.497 e. The van der Waals surface area contributed by atoms with Gasteiger partial charge in [0.2, 0.25) is 0 Å². The monoisotopic (exact) mass is 264 g/mol. The second-order valence-corrected chi connectivity index (χ2v) is 4.79. The molecular weight excluding hydrogens is 252 g/mol. The number of hydrogen-bond donors (Lipinski definition) is 2. The number of carbonyl (C=O) groups is 1. The van der Waals surface area contributed by atoms with Gasteiger partial charge in [0.1, 0.15) is 5.75 Å². The number of aryl methyl sites for hydroxylation is 1. The molecule has 0 bridgehead atoms. The first-order valence-electron chi connectivity index (χ1n) is 5.22. The van der Waals surface area contributed by atoms with Crippen molar-refractivity contribution in [3.63, 3.8) is 0 Å². The number of aromatic carboxylic acids is 1. The SMILES string of the molecule is COc1ccc(Nc2nc(C(=O)O)c(C)s2)cc1. The molecule has 2 rings (SSSR count). The summed E-state index contributed by atoms with van der Waals surface area (Å²) in [6, 6.07) is 7.33. The van der Waals surface area contributed by atoms with Gasteiger partial charge in [0.05, 0.1) is 7.11 Å². The van der Waals surface area contributed by atoms with Gasteiger partial charge in [0.25, 0.3) is 0 Å². The number of carboxylic acid groups (broad SMARTS) is 1. The van der Waals surface area contributed by atoms with Crippen molar-refractivity contribution in [3.05, 3.63) is 34.8 Å². The highest BCUT2D eigenvalue weighted by molar-refractivity contribution is 7.15. The zero-order valence-electron chi connectivity index (χ0n) is 9.93. The summed E-state index contributed by atoms with van der Waals surface area (Å²) in [5.41, 5.74) is 0.928. The van der Waals surface area contributed by atoms with E-state index in [1.165, 1.54) is 11.3 Å². The normalized spacial score (nSPS) is 10.1. The first-order chi connectivity index (χ1) is 8.60. The third-order valence-electron chi connectivity index (χ3n) is 2.34. The topological polar surface area (TPSA) is 71.5 Å². The first-order valence-corrected chi connectivity index (χ1v) is 6.03. The number of benzene rings is 1. The molecule has 0 atom stereocenters. The highest BCUT2D eigenvalue weighted by Crippen LogP contribution is 2.26. The van der Waals surface area contributed by atoms with E-state index in [1.54, 1.807) is 14.0 Å². The third kappa shape index (κ3) is 2.60. The molecule has 0 aliphatic carbocycles. The molecule has 0 spiro atoms. The second-order valence-electron chi connectivity index (χ2n) is 3.58. The number of aromatic nitrogens is 1. The lowest BCUT2D eigenvalue weighted by molar-refractivity contribution is 0.0690. The fourth-order valence-electron chi connectivity index (χ4n) is 1.45. The van der Waals surface area contributed by atoms with Crippen molar-refractivity contribution in [2.24, 2.45) is 0 Å². The van der Waals surface area contributed by atoms with Gasteiger partial charge in [-0.2, -0.15) is 0 Å². The van der Waals surface area contributed by atoms with Crippen LogP contribution in [-0.4, -0.2) is 23.2 Å². The van der Waals surface area contributed by atoms with Gasteiger partial charge in [0.15, 0.2) is 10.8 Å². The molecule has 1 aromatic heterocycles. The number of ether oxygens (including phenoxy) is 1. The molecule has 6 heteroatoms. The minimum absolute atomic E-state index is 0.0935. The summed E-state index contributed by atoms with van der Waals surface area (Å²) in [6.45, 7) is 1.74. The van der Waals surface area contributed by atoms with Gasteiger partial charge in [-0.1, -0.05) is 0 Å². The molecule has 18 heavy (non-hydrogen) atoms. The number of rotatable bonds is 4. The number of nitrogens with one attached hydrogen (secondary N) is 1. The lowest BCUT2D eigenvalue weighted by Gasteiger charge is -2.03. The van der Waals surface area contributed by atoms with Crippen LogP contribution in [0.4, 0.5) is 10.8 Å². The average molecular weight is 264 g/mol. The molecule has 2 aromatic rings. The van der Waals surface area contributed by atoms with Crippen LogP contribution in [0.15, 0.2) is 24.3 Å². The molecule has 0 aliphatic heterocycles. The van der Waals surface area contributed by atoms with Crippen LogP contribution < -0.4 is 10.1 Å². The smallest absolute Gasteiger partial charge is 0.355 e. The summed E-state index contributed by atoms with van der Waals surface area (Å²) in [7, 11) is 1.60. The Labute approximate surface area is 108 Å². The molecule has 0 aliphatic rings. The number of carboxylic acids is 1. The van der Waals surface area contributed by atoms with E-state index < -0.39 is 5.97 Å². The largest absolute Gasteiger partial charge is 0.497 e. The quantitative estimate of drug-likeness (QED) is 0.888. The molecule has 2 N–H and O–H groups in total. The maximum absolute atomic E-state index is 10.9. The van der Waals surface area contributed by atoms with Crippen molar-refractivity contribution in [3.8, 4) is 5.75 Å². The van der Waals surface area contributed by atoms with E-state index in [0.29, 0.717) is 10.0 Å². The standard InChI is InChI=1S/C12H12N2O3S/c1-7-10(11(15)16)14-12(18-7)13-8-3-5-9(17-2)6-4-8/h3-6H,1-2H3,(H,13,14)(H,15,16). The Balaban J connectivity index is 2.18. The summed E-state index contributed by atoms with van der Waals surface area (Å²) in [4.78, 5) is 15.6. The summed E-state index contributed by atoms with van der Waals surface area (Å²) in [5, 5.41) is 12.5. The second kappa shape index (κ2) is 5.05. The molecule has 0 amide bonds. The zero-order valence-corrected chi connectivity index (χ0v) is 10.7. The first kappa shape index (κ1) is 12.4. The summed E-state index contributed by atoms with van der Waals surface area (Å²) >= 11 is 1.31. The van der Waals surface area contributed by atoms with E-state index in [0.717, 1.165) is 11.4 Å². The fraction of sp³-hybridized carbons (Fsp3) is 0.167. The van der Waals surface area contributed by atoms with Gasteiger partial charge in [-0.25, -0.2) is 9.78 Å². The maximum Gasteiger partial charge on any atom is 0.355 e. The molecule has 1 heterocycles. The predicted octanol–water partition coefficient (Wildman–Crippen LogP) is 2.90. The Morgan fingerprint density at radius 1 is 1.39 bits per heavy atom. The summed E-state index contributed by atoms with van der Waals surface area (Å²) in [5.74, 6) is -0.242. The molecule has 0 saturated heterocycles. The number of anilines is 2. The van der Waals surface area contributed by atoms with Crippen LogP contribution in [0.25, 0.3) is 0 Å². The van der Waals surface area contributed by atoms with Crippen LogP contribution in [0.2, 0.25) is 0 Å². The lowest BCUT2D eigenvalue weighted by atomic mass is 10.3. The van der Waals surface area contributed by atoms with Gasteiger partial charge in [-0.15, -0.1) is 11.3 Å². The molecule has 1 aromatic carbocycles. The Bertz CT molecular complexity index is 563. The van der Waals surface area contributed by atoms with Crippen LogP contribution in [0.1, 0.15) is 15.4 Å². The highest BCUT2D eigenvalue weighted by atomic mass is 32.1. The minimum atomic E-state index is -1.01. The predicted molar refractivity (Wildman–Crippen MR) is 70.1 cm³/mol. The van der Waals surface area contributed by atoms with E-state index >= 15 is 0 Å². The van der Waals surface area contributed by atoms with E-state index in [4.69, 9.17) is 9.84 Å². The van der Waals surface area contributed by atoms with Crippen molar-refractivity contribution in [1.82, 2.24) is 4.98 Å². The Hall–Kier alpha value is -2.08. The van der Waals surface area contributed by atoms with Gasteiger partial charge >= 0.3 is 5.97 Å². The van der Waals surface area contributed by atoms with Crippen LogP contribution in [0.5, 0.6) is 5.75 Å². The van der Waals surface area contributed by atoms with E-state index in [2.05, 4.69) is 10.3 Å². The van der Waals surface area contributed by atoms with Crippen LogP contribution in [0, 0.1) is 6.92 Å². The lowest BCUT2D eigenvalue weighted by Crippen LogP contribution is -1.99. The Morgan fingerprint density at radius 3 is 2.56 bits per heavy atom. The molecule has 0 fully saturated rings. The molecule has 0 saturated carbocycles. The van der Waals surface area contributed by atoms with Crippen molar-refractivity contribution in [2.75, 3.05) is 12.4 Å². The molecule has 0 unspecified atom stereocenters. The highest BCUT2D eigenvalue weighted by Gasteiger charge is 2.13. The Kier molecular flexibility index (Phi) is 3.47. The summed E-state index contributed by atoms with van der Waals surface area (Å²) < 4.78 is 5.06. The van der Waals surface area contributed by atoms with Crippen molar-refractivity contribution >= 4 is 28.1 Å². The van der Waals surface area contributed by atoms with Crippen LogP contribution >= 0.6 is 11.3 Å². The number of methoxy groups -OCH3 is 1. The van der Waals surface area contributed by atoms with Crippen molar-refractivity contribution in [1.29, 1.82) is 0 Å². The van der Waals surface area contributed by atoms with E-state index in [1.807, 2.05) is 24.3 Å². The molecular formula is C12H12N2O3S. The molecule has 5 nitrogen and oxygen atoms in total. The van der Waals surface area contributed by atoms with E-state index in [9.17, 15) is 4.79 Å². The maximum atomic E-state index is 10.9. The van der Waals surface area contributed by atoms with Crippen LogP contribution in [0.3, 0.4) is 0 Å². The third-order valence-corrected chi connectivity index (χ3v) is 3.23. The van der Waals surface area contributed by atoms with Crippen molar-refractivity contribution < 1.29 is 14.6 Å². The number of nitrogens with zero attached hydrogens (tertiary/aromatic N) is 1. The number of thiazole rings is 1. The number of hydrogen-bond acceptors (Lipinski definition) is 5.